The van der Waals surface area contributed by atoms with E-state index in [1.165, 1.54) is 0 Å². The number of aliphatic hydroxyl groups is 1. The molecule has 1 saturated carbocycles. The monoisotopic (exact) mass is 284 g/mol. The number of aryl methyl sites for hydroxylation is 1. The lowest BCUT2D eigenvalue weighted by Gasteiger charge is -2.58. The van der Waals surface area contributed by atoms with Crippen molar-refractivity contribution >= 4 is 11.3 Å². The summed E-state index contributed by atoms with van der Waals surface area (Å²) >= 11 is 1.66. The van der Waals surface area contributed by atoms with Gasteiger partial charge >= 0.3 is 0 Å². The maximum absolute atomic E-state index is 10.7. The van der Waals surface area contributed by atoms with Crippen LogP contribution in [0.5, 0.6) is 0 Å². The highest BCUT2D eigenvalue weighted by Crippen LogP contribution is 2.50. The number of ether oxygens (including phenoxy) is 1. The van der Waals surface area contributed by atoms with E-state index in [2.05, 4.69) is 29.5 Å². The topological polar surface area (TPSA) is 54.4 Å². The normalized spacial score (nSPS) is 29.2. The second-order valence-corrected chi connectivity index (χ2v) is 6.93. The molecule has 0 aliphatic heterocycles. The van der Waals surface area contributed by atoms with E-state index in [9.17, 15) is 5.11 Å². The summed E-state index contributed by atoms with van der Waals surface area (Å²) in [5.41, 5.74) is 0.163. The number of rotatable bonds is 6. The first-order valence-corrected chi connectivity index (χ1v) is 7.73. The van der Waals surface area contributed by atoms with Crippen molar-refractivity contribution < 1.29 is 9.84 Å². The SMILES string of the molecule is CCO[C@H]1C[C@@](O)(CNCc2csc(C)n2)C1(C)C. The molecule has 0 amide bonds. The Balaban J connectivity index is 1.83. The molecule has 2 atom stereocenters. The highest BCUT2D eigenvalue weighted by molar-refractivity contribution is 7.09. The molecule has 1 aliphatic carbocycles. The smallest absolute Gasteiger partial charge is 0.0897 e. The molecular weight excluding hydrogens is 260 g/mol. The summed E-state index contributed by atoms with van der Waals surface area (Å²) in [5.74, 6) is 0. The van der Waals surface area contributed by atoms with Gasteiger partial charge in [-0.3, -0.25) is 0 Å². The summed E-state index contributed by atoms with van der Waals surface area (Å²) in [4.78, 5) is 4.40. The van der Waals surface area contributed by atoms with Crippen LogP contribution in [0.3, 0.4) is 0 Å². The Morgan fingerprint density at radius 2 is 2.32 bits per heavy atom. The molecule has 108 valence electrons. The van der Waals surface area contributed by atoms with Crippen molar-refractivity contribution in [3.63, 3.8) is 0 Å². The number of hydrogen-bond acceptors (Lipinski definition) is 5. The van der Waals surface area contributed by atoms with Crippen molar-refractivity contribution in [2.45, 2.75) is 52.4 Å². The summed E-state index contributed by atoms with van der Waals surface area (Å²) in [7, 11) is 0. The Kier molecular flexibility index (Phi) is 4.30. The minimum absolute atomic E-state index is 0.158. The Hall–Kier alpha value is -0.490. The molecule has 4 nitrogen and oxygen atoms in total. The van der Waals surface area contributed by atoms with E-state index in [1.54, 1.807) is 11.3 Å². The summed E-state index contributed by atoms with van der Waals surface area (Å²) in [5, 5.41) is 17.1. The molecule has 19 heavy (non-hydrogen) atoms. The average molecular weight is 284 g/mol. The van der Waals surface area contributed by atoms with Crippen LogP contribution in [0, 0.1) is 12.3 Å². The summed E-state index contributed by atoms with van der Waals surface area (Å²) in [6, 6.07) is 0. The lowest BCUT2D eigenvalue weighted by atomic mass is 9.56. The van der Waals surface area contributed by atoms with Crippen molar-refractivity contribution in [2.24, 2.45) is 5.41 Å². The molecule has 0 spiro atoms. The van der Waals surface area contributed by atoms with Crippen LogP contribution in [-0.2, 0) is 11.3 Å². The molecule has 0 saturated heterocycles. The first kappa shape index (κ1) is 14.9. The number of nitrogens with zero attached hydrogens (tertiary/aromatic N) is 1. The number of hydrogen-bond donors (Lipinski definition) is 2. The quantitative estimate of drug-likeness (QED) is 0.840. The Morgan fingerprint density at radius 1 is 1.58 bits per heavy atom. The standard InChI is InChI=1S/C14H24N2O2S/c1-5-18-12-6-14(17,13(12,3)4)9-15-7-11-8-19-10(2)16-11/h8,12,15,17H,5-7,9H2,1-4H3/t12-,14+/m0/s1. The van der Waals surface area contributed by atoms with Gasteiger partial charge in [-0.2, -0.15) is 0 Å². The lowest BCUT2D eigenvalue weighted by Crippen LogP contribution is -2.68. The Bertz CT molecular complexity index is 433. The third-order valence-electron chi connectivity index (χ3n) is 4.29. The van der Waals surface area contributed by atoms with E-state index >= 15 is 0 Å². The van der Waals surface area contributed by atoms with Crippen molar-refractivity contribution in [1.82, 2.24) is 10.3 Å². The zero-order valence-electron chi connectivity index (χ0n) is 12.2. The number of thiazole rings is 1. The van der Waals surface area contributed by atoms with Gasteiger partial charge in [0, 0.05) is 36.9 Å². The van der Waals surface area contributed by atoms with Gasteiger partial charge in [0.25, 0.3) is 0 Å². The van der Waals surface area contributed by atoms with E-state index in [-0.39, 0.29) is 11.5 Å². The van der Waals surface area contributed by atoms with E-state index in [4.69, 9.17) is 4.74 Å². The molecule has 0 radical (unpaired) electrons. The lowest BCUT2D eigenvalue weighted by molar-refractivity contribution is -0.238. The number of aromatic nitrogens is 1. The van der Waals surface area contributed by atoms with E-state index in [0.29, 0.717) is 26.1 Å². The van der Waals surface area contributed by atoms with Gasteiger partial charge < -0.3 is 15.2 Å². The molecule has 2 N–H and O–H groups in total. The largest absolute Gasteiger partial charge is 0.388 e. The third-order valence-corrected chi connectivity index (χ3v) is 5.11. The molecular formula is C14H24N2O2S. The van der Waals surface area contributed by atoms with Gasteiger partial charge in [-0.15, -0.1) is 11.3 Å². The molecule has 1 aromatic heterocycles. The van der Waals surface area contributed by atoms with E-state index < -0.39 is 5.60 Å². The minimum Gasteiger partial charge on any atom is -0.388 e. The molecule has 0 aromatic carbocycles. The summed E-state index contributed by atoms with van der Waals surface area (Å²) in [6.07, 6.45) is 0.863. The first-order valence-electron chi connectivity index (χ1n) is 6.85. The van der Waals surface area contributed by atoms with Crippen LogP contribution in [-0.4, -0.2) is 34.9 Å². The Morgan fingerprint density at radius 3 is 2.84 bits per heavy atom. The molecule has 1 aromatic rings. The summed E-state index contributed by atoms with van der Waals surface area (Å²) < 4.78 is 5.66. The van der Waals surface area contributed by atoms with Crippen molar-refractivity contribution in [1.29, 1.82) is 0 Å². The average Bonchev–Trinajstić information content (AvgIpc) is 2.75. The zero-order chi connectivity index (χ0) is 14.1. The minimum atomic E-state index is -0.683. The zero-order valence-corrected chi connectivity index (χ0v) is 13.0. The highest BCUT2D eigenvalue weighted by Gasteiger charge is 2.59. The third kappa shape index (κ3) is 2.84. The van der Waals surface area contributed by atoms with Crippen molar-refractivity contribution in [3.05, 3.63) is 16.1 Å². The Labute approximate surface area is 119 Å². The van der Waals surface area contributed by atoms with Crippen LogP contribution in [0.1, 0.15) is 37.9 Å². The predicted molar refractivity (Wildman–Crippen MR) is 77.3 cm³/mol. The molecule has 0 unspecified atom stereocenters. The van der Waals surface area contributed by atoms with Gasteiger partial charge in [-0.1, -0.05) is 13.8 Å². The van der Waals surface area contributed by atoms with Crippen LogP contribution in [0.4, 0.5) is 0 Å². The first-order chi connectivity index (χ1) is 8.89. The predicted octanol–water partition coefficient (Wildman–Crippen LogP) is 2.11. The van der Waals surface area contributed by atoms with Gasteiger partial charge in [0.05, 0.1) is 22.4 Å². The summed E-state index contributed by atoms with van der Waals surface area (Å²) in [6.45, 7) is 10.1. The number of nitrogens with one attached hydrogen (secondary N) is 1. The van der Waals surface area contributed by atoms with Crippen molar-refractivity contribution in [2.75, 3.05) is 13.2 Å². The highest BCUT2D eigenvalue weighted by atomic mass is 32.1. The fourth-order valence-electron chi connectivity index (χ4n) is 2.65. The van der Waals surface area contributed by atoms with Crippen LogP contribution >= 0.6 is 11.3 Å². The maximum Gasteiger partial charge on any atom is 0.0897 e. The molecule has 1 aliphatic rings. The molecule has 2 rings (SSSR count). The van der Waals surface area contributed by atoms with Gasteiger partial charge in [0.15, 0.2) is 0 Å². The fraction of sp³-hybridized carbons (Fsp3) is 0.786. The second kappa shape index (κ2) is 5.48. The van der Waals surface area contributed by atoms with Gasteiger partial charge in [0.1, 0.15) is 0 Å². The van der Waals surface area contributed by atoms with Crippen LogP contribution in [0.25, 0.3) is 0 Å². The van der Waals surface area contributed by atoms with Gasteiger partial charge in [-0.25, -0.2) is 4.98 Å². The second-order valence-electron chi connectivity index (χ2n) is 5.86. The van der Waals surface area contributed by atoms with E-state index in [1.807, 2.05) is 13.8 Å². The van der Waals surface area contributed by atoms with Crippen LogP contribution in [0.2, 0.25) is 0 Å². The van der Waals surface area contributed by atoms with Crippen LogP contribution in [0.15, 0.2) is 5.38 Å². The molecule has 1 fully saturated rings. The van der Waals surface area contributed by atoms with Crippen LogP contribution < -0.4 is 5.32 Å². The fourth-order valence-corrected chi connectivity index (χ4v) is 3.26. The maximum atomic E-state index is 10.7. The molecule has 5 heteroatoms. The van der Waals surface area contributed by atoms with E-state index in [0.717, 1.165) is 10.7 Å². The van der Waals surface area contributed by atoms with Gasteiger partial charge in [-0.05, 0) is 13.8 Å². The molecule has 1 heterocycles. The van der Waals surface area contributed by atoms with Gasteiger partial charge in [0.2, 0.25) is 0 Å². The van der Waals surface area contributed by atoms with Crippen molar-refractivity contribution in [3.8, 4) is 0 Å². The molecule has 0 bridgehead atoms.